The van der Waals surface area contributed by atoms with Crippen molar-refractivity contribution in [2.45, 2.75) is 38.6 Å². The Bertz CT molecular complexity index is 417. The lowest BCUT2D eigenvalue weighted by molar-refractivity contribution is 0.0980. The highest BCUT2D eigenvalue weighted by Crippen LogP contribution is 2.23. The highest BCUT2D eigenvalue weighted by molar-refractivity contribution is 5.98. The van der Waals surface area contributed by atoms with Crippen molar-refractivity contribution in [3.63, 3.8) is 0 Å². The van der Waals surface area contributed by atoms with Gasteiger partial charge >= 0.3 is 0 Å². The van der Waals surface area contributed by atoms with E-state index in [4.69, 9.17) is 5.73 Å². The van der Waals surface area contributed by atoms with Gasteiger partial charge in [0.1, 0.15) is 0 Å². The van der Waals surface area contributed by atoms with Gasteiger partial charge in [0.15, 0.2) is 5.78 Å². The molecule has 0 heterocycles. The summed E-state index contributed by atoms with van der Waals surface area (Å²) in [6.45, 7) is 2.68. The zero-order valence-corrected chi connectivity index (χ0v) is 11.0. The first-order valence-electron chi connectivity index (χ1n) is 6.79. The first kappa shape index (κ1) is 13.1. The maximum absolute atomic E-state index is 12.0. The Morgan fingerprint density at radius 1 is 1.39 bits per heavy atom. The molecule has 2 rings (SSSR count). The molecule has 0 aromatic heterocycles. The van der Waals surface area contributed by atoms with E-state index in [0.717, 1.165) is 0 Å². The monoisotopic (exact) mass is 246 g/mol. The van der Waals surface area contributed by atoms with Crippen LogP contribution in [0.4, 0.5) is 5.69 Å². The van der Waals surface area contributed by atoms with E-state index in [1.807, 2.05) is 12.1 Å². The van der Waals surface area contributed by atoms with Crippen LogP contribution >= 0.6 is 0 Å². The standard InChI is InChI=1S/C15H22N2O/c1-11-5-2-3-8-14(11)17-10-15(18)12-6-4-7-13(16)9-12/h4,6-7,9,11,14,17H,2-3,5,8,10,16H2,1H3. The predicted octanol–water partition coefficient (Wildman–Crippen LogP) is 2.62. The lowest BCUT2D eigenvalue weighted by atomic mass is 9.86. The zero-order chi connectivity index (χ0) is 13.0. The number of carbonyl (C=O) groups is 1. The minimum Gasteiger partial charge on any atom is -0.399 e. The Labute approximate surface area is 109 Å². The van der Waals surface area contributed by atoms with Crippen molar-refractivity contribution in [2.24, 2.45) is 5.92 Å². The van der Waals surface area contributed by atoms with Crippen molar-refractivity contribution in [3.05, 3.63) is 29.8 Å². The van der Waals surface area contributed by atoms with Gasteiger partial charge < -0.3 is 11.1 Å². The van der Waals surface area contributed by atoms with Crippen molar-refractivity contribution < 1.29 is 4.79 Å². The van der Waals surface area contributed by atoms with E-state index < -0.39 is 0 Å². The summed E-state index contributed by atoms with van der Waals surface area (Å²) in [5.74, 6) is 0.799. The van der Waals surface area contributed by atoms with Gasteiger partial charge in [0.05, 0.1) is 6.54 Å². The van der Waals surface area contributed by atoms with Crippen molar-refractivity contribution in [1.29, 1.82) is 0 Å². The van der Waals surface area contributed by atoms with Crippen LogP contribution in [0.3, 0.4) is 0 Å². The summed E-state index contributed by atoms with van der Waals surface area (Å²) < 4.78 is 0. The van der Waals surface area contributed by atoms with Gasteiger partial charge in [-0.15, -0.1) is 0 Å². The second-order valence-electron chi connectivity index (χ2n) is 5.30. The molecule has 1 fully saturated rings. The molecule has 98 valence electrons. The molecular formula is C15H22N2O. The summed E-state index contributed by atoms with van der Waals surface area (Å²) in [7, 11) is 0. The Kier molecular flexibility index (Phi) is 4.37. The Morgan fingerprint density at radius 2 is 2.17 bits per heavy atom. The van der Waals surface area contributed by atoms with E-state index in [2.05, 4.69) is 12.2 Å². The smallest absolute Gasteiger partial charge is 0.176 e. The Morgan fingerprint density at radius 3 is 2.89 bits per heavy atom. The number of rotatable bonds is 4. The van der Waals surface area contributed by atoms with E-state index >= 15 is 0 Å². The Hall–Kier alpha value is -1.35. The second kappa shape index (κ2) is 6.01. The molecule has 1 saturated carbocycles. The molecule has 0 aliphatic heterocycles. The first-order chi connectivity index (χ1) is 8.66. The number of ketones is 1. The highest BCUT2D eigenvalue weighted by atomic mass is 16.1. The number of hydrogen-bond acceptors (Lipinski definition) is 3. The summed E-state index contributed by atoms with van der Waals surface area (Å²) >= 11 is 0. The van der Waals surface area contributed by atoms with Crippen LogP contribution < -0.4 is 11.1 Å². The normalized spacial score (nSPS) is 23.8. The first-order valence-corrected chi connectivity index (χ1v) is 6.79. The SMILES string of the molecule is CC1CCCCC1NCC(=O)c1cccc(N)c1. The van der Waals surface area contributed by atoms with Crippen LogP contribution in [-0.2, 0) is 0 Å². The largest absolute Gasteiger partial charge is 0.399 e. The van der Waals surface area contributed by atoms with Crippen LogP contribution in [0.1, 0.15) is 43.0 Å². The maximum atomic E-state index is 12.0. The quantitative estimate of drug-likeness (QED) is 0.634. The third-order valence-electron chi connectivity index (χ3n) is 3.84. The Balaban J connectivity index is 1.88. The van der Waals surface area contributed by atoms with Gasteiger partial charge in [0, 0.05) is 17.3 Å². The van der Waals surface area contributed by atoms with Gasteiger partial charge in [-0.2, -0.15) is 0 Å². The number of Topliss-reactive ketones (excluding diaryl/α,β-unsaturated/α-hetero) is 1. The predicted molar refractivity (Wildman–Crippen MR) is 74.6 cm³/mol. The summed E-state index contributed by atoms with van der Waals surface area (Å²) in [6.07, 6.45) is 5.05. The van der Waals surface area contributed by atoms with Crippen LogP contribution in [-0.4, -0.2) is 18.4 Å². The van der Waals surface area contributed by atoms with Gasteiger partial charge in [0.2, 0.25) is 0 Å². The molecule has 0 saturated heterocycles. The van der Waals surface area contributed by atoms with E-state index in [0.29, 0.717) is 29.8 Å². The van der Waals surface area contributed by atoms with Crippen LogP contribution in [0.15, 0.2) is 24.3 Å². The summed E-state index contributed by atoms with van der Waals surface area (Å²) in [5.41, 5.74) is 7.03. The van der Waals surface area contributed by atoms with Gasteiger partial charge in [0.25, 0.3) is 0 Å². The lowest BCUT2D eigenvalue weighted by Crippen LogP contribution is -2.40. The van der Waals surface area contributed by atoms with E-state index in [9.17, 15) is 4.79 Å². The van der Waals surface area contributed by atoms with E-state index in [1.54, 1.807) is 12.1 Å². The fourth-order valence-corrected chi connectivity index (χ4v) is 2.66. The third kappa shape index (κ3) is 3.33. The average molecular weight is 246 g/mol. The van der Waals surface area contributed by atoms with Crippen molar-refractivity contribution in [2.75, 3.05) is 12.3 Å². The molecule has 1 aliphatic carbocycles. The molecule has 2 atom stereocenters. The maximum Gasteiger partial charge on any atom is 0.176 e. The highest BCUT2D eigenvalue weighted by Gasteiger charge is 2.21. The van der Waals surface area contributed by atoms with Crippen LogP contribution in [0.2, 0.25) is 0 Å². The fraction of sp³-hybridized carbons (Fsp3) is 0.533. The molecule has 3 nitrogen and oxygen atoms in total. The molecule has 0 radical (unpaired) electrons. The van der Waals surface area contributed by atoms with Crippen molar-refractivity contribution in [1.82, 2.24) is 5.32 Å². The second-order valence-corrected chi connectivity index (χ2v) is 5.30. The number of nitrogens with two attached hydrogens (primary N) is 1. The third-order valence-corrected chi connectivity index (χ3v) is 3.84. The van der Waals surface area contributed by atoms with Crippen LogP contribution in [0, 0.1) is 5.92 Å². The van der Waals surface area contributed by atoms with E-state index in [1.165, 1.54) is 25.7 Å². The molecule has 1 aromatic carbocycles. The zero-order valence-electron chi connectivity index (χ0n) is 11.0. The summed E-state index contributed by atoms with van der Waals surface area (Å²) in [6, 6.07) is 7.68. The molecule has 1 aliphatic rings. The van der Waals surface area contributed by atoms with Gasteiger partial charge in [-0.25, -0.2) is 0 Å². The van der Waals surface area contributed by atoms with Crippen molar-refractivity contribution >= 4 is 11.5 Å². The molecule has 0 spiro atoms. The fourth-order valence-electron chi connectivity index (χ4n) is 2.66. The average Bonchev–Trinajstić information content (AvgIpc) is 2.37. The molecular weight excluding hydrogens is 224 g/mol. The molecule has 0 bridgehead atoms. The van der Waals surface area contributed by atoms with Gasteiger partial charge in [-0.05, 0) is 30.9 Å². The molecule has 3 N–H and O–H groups in total. The van der Waals surface area contributed by atoms with Crippen molar-refractivity contribution in [3.8, 4) is 0 Å². The number of carbonyl (C=O) groups excluding carboxylic acids is 1. The van der Waals surface area contributed by atoms with E-state index in [-0.39, 0.29) is 5.78 Å². The minimum atomic E-state index is 0.125. The lowest BCUT2D eigenvalue weighted by Gasteiger charge is -2.29. The minimum absolute atomic E-state index is 0.125. The number of nitrogen functional groups attached to an aromatic ring is 1. The van der Waals surface area contributed by atoms with Crippen LogP contribution in [0.5, 0.6) is 0 Å². The number of nitrogens with one attached hydrogen (secondary N) is 1. The summed E-state index contributed by atoms with van der Waals surface area (Å²) in [5, 5.41) is 3.40. The molecule has 2 unspecified atom stereocenters. The van der Waals surface area contributed by atoms with Crippen LogP contribution in [0.25, 0.3) is 0 Å². The number of anilines is 1. The topological polar surface area (TPSA) is 55.1 Å². The molecule has 0 amide bonds. The molecule has 3 heteroatoms. The number of benzene rings is 1. The molecule has 1 aromatic rings. The van der Waals surface area contributed by atoms with Gasteiger partial charge in [-0.1, -0.05) is 31.9 Å². The molecule has 18 heavy (non-hydrogen) atoms. The number of hydrogen-bond donors (Lipinski definition) is 2. The van der Waals surface area contributed by atoms with Gasteiger partial charge in [-0.3, -0.25) is 4.79 Å². The summed E-state index contributed by atoms with van der Waals surface area (Å²) in [4.78, 5) is 12.0.